The van der Waals surface area contributed by atoms with Crippen LogP contribution in [0.3, 0.4) is 0 Å². The molecule has 5 rings (SSSR count). The molecule has 160 valence electrons. The van der Waals surface area contributed by atoms with Crippen molar-refractivity contribution in [2.75, 3.05) is 4.90 Å². The van der Waals surface area contributed by atoms with Gasteiger partial charge in [0.1, 0.15) is 0 Å². The Hall–Kier alpha value is -4.24. The van der Waals surface area contributed by atoms with E-state index in [2.05, 4.69) is 95.4 Å². The SMILES string of the molecule is Cc1cc(C)cc(N(c2ccc(-c3ccncc3)cc2)c2ccc(-c3ccncc3)cc2)c1. The van der Waals surface area contributed by atoms with E-state index in [1.54, 1.807) is 0 Å². The van der Waals surface area contributed by atoms with Gasteiger partial charge in [-0.2, -0.15) is 0 Å². The first-order valence-electron chi connectivity index (χ1n) is 11.1. The van der Waals surface area contributed by atoms with E-state index < -0.39 is 0 Å². The average molecular weight is 428 g/mol. The van der Waals surface area contributed by atoms with Crippen LogP contribution in [-0.2, 0) is 0 Å². The second-order valence-corrected chi connectivity index (χ2v) is 8.25. The van der Waals surface area contributed by atoms with E-state index in [9.17, 15) is 0 Å². The second-order valence-electron chi connectivity index (χ2n) is 8.25. The lowest BCUT2D eigenvalue weighted by Gasteiger charge is -2.26. The Bertz CT molecular complexity index is 1240. The highest BCUT2D eigenvalue weighted by molar-refractivity contribution is 5.80. The summed E-state index contributed by atoms with van der Waals surface area (Å²) >= 11 is 0. The van der Waals surface area contributed by atoms with Gasteiger partial charge in [0.05, 0.1) is 0 Å². The first-order chi connectivity index (χ1) is 16.2. The summed E-state index contributed by atoms with van der Waals surface area (Å²) in [7, 11) is 0. The Labute approximate surface area is 195 Å². The van der Waals surface area contributed by atoms with Crippen LogP contribution < -0.4 is 4.90 Å². The topological polar surface area (TPSA) is 29.0 Å². The minimum atomic E-state index is 1.12. The van der Waals surface area contributed by atoms with E-state index in [1.807, 2.05) is 49.1 Å². The van der Waals surface area contributed by atoms with Crippen molar-refractivity contribution in [2.24, 2.45) is 0 Å². The fourth-order valence-corrected chi connectivity index (χ4v) is 4.22. The molecule has 0 fully saturated rings. The van der Waals surface area contributed by atoms with Gasteiger partial charge in [-0.25, -0.2) is 0 Å². The van der Waals surface area contributed by atoms with Gasteiger partial charge in [0.15, 0.2) is 0 Å². The normalized spacial score (nSPS) is 10.7. The molecule has 0 atom stereocenters. The van der Waals surface area contributed by atoms with Gasteiger partial charge >= 0.3 is 0 Å². The molecule has 3 nitrogen and oxygen atoms in total. The van der Waals surface area contributed by atoms with Crippen LogP contribution in [0.1, 0.15) is 11.1 Å². The molecule has 3 aromatic carbocycles. The molecule has 0 N–H and O–H groups in total. The molecule has 0 spiro atoms. The molecule has 0 saturated heterocycles. The summed E-state index contributed by atoms with van der Waals surface area (Å²) in [5, 5.41) is 0. The number of hydrogen-bond acceptors (Lipinski definition) is 3. The maximum absolute atomic E-state index is 4.13. The second kappa shape index (κ2) is 9.09. The van der Waals surface area contributed by atoms with E-state index in [-0.39, 0.29) is 0 Å². The molecule has 2 aromatic heterocycles. The largest absolute Gasteiger partial charge is 0.310 e. The number of nitrogens with zero attached hydrogens (tertiary/aromatic N) is 3. The lowest BCUT2D eigenvalue weighted by Crippen LogP contribution is -2.10. The molecular formula is C30H25N3. The van der Waals surface area contributed by atoms with E-state index in [0.717, 1.165) is 28.2 Å². The van der Waals surface area contributed by atoms with Gasteiger partial charge in [-0.05, 0) is 108 Å². The summed E-state index contributed by atoms with van der Waals surface area (Å²) in [6, 6.07) is 32.3. The molecule has 0 unspecified atom stereocenters. The zero-order valence-corrected chi connectivity index (χ0v) is 18.8. The highest BCUT2D eigenvalue weighted by Gasteiger charge is 2.14. The third kappa shape index (κ3) is 4.53. The molecule has 0 aliphatic carbocycles. The number of aryl methyl sites for hydroxylation is 2. The maximum Gasteiger partial charge on any atom is 0.0466 e. The van der Waals surface area contributed by atoms with E-state index in [0.29, 0.717) is 0 Å². The minimum Gasteiger partial charge on any atom is -0.310 e. The molecular weight excluding hydrogens is 402 g/mol. The molecule has 33 heavy (non-hydrogen) atoms. The van der Waals surface area contributed by atoms with E-state index in [4.69, 9.17) is 0 Å². The number of hydrogen-bond donors (Lipinski definition) is 0. The molecule has 0 saturated carbocycles. The summed E-state index contributed by atoms with van der Waals surface area (Å²) in [6.07, 6.45) is 7.32. The zero-order chi connectivity index (χ0) is 22.6. The highest BCUT2D eigenvalue weighted by atomic mass is 15.1. The summed E-state index contributed by atoms with van der Waals surface area (Å²) in [5.74, 6) is 0. The van der Waals surface area contributed by atoms with Crippen molar-refractivity contribution in [1.29, 1.82) is 0 Å². The van der Waals surface area contributed by atoms with Gasteiger partial charge < -0.3 is 4.90 Å². The standard InChI is InChI=1S/C30H25N3/c1-22-19-23(2)21-30(20-22)33(28-7-3-24(4-8-28)26-11-15-31-16-12-26)29-9-5-25(6-10-29)27-13-17-32-18-14-27/h3-21H,1-2H3. The van der Waals surface area contributed by atoms with Gasteiger partial charge in [0.25, 0.3) is 0 Å². The van der Waals surface area contributed by atoms with Crippen LogP contribution in [0.25, 0.3) is 22.3 Å². The van der Waals surface area contributed by atoms with Crippen LogP contribution in [0, 0.1) is 13.8 Å². The maximum atomic E-state index is 4.13. The van der Waals surface area contributed by atoms with Gasteiger partial charge in [-0.1, -0.05) is 30.3 Å². The minimum absolute atomic E-state index is 1.12. The fraction of sp³-hybridized carbons (Fsp3) is 0.0667. The number of anilines is 3. The van der Waals surface area contributed by atoms with Gasteiger partial charge in [0.2, 0.25) is 0 Å². The van der Waals surface area contributed by atoms with E-state index in [1.165, 1.54) is 22.3 Å². The Morgan fingerprint density at radius 3 is 1.18 bits per heavy atom. The smallest absolute Gasteiger partial charge is 0.0466 e. The monoisotopic (exact) mass is 427 g/mol. The van der Waals surface area contributed by atoms with Crippen LogP contribution in [0.15, 0.2) is 116 Å². The molecule has 0 bridgehead atoms. The third-order valence-electron chi connectivity index (χ3n) is 5.74. The fourth-order valence-electron chi connectivity index (χ4n) is 4.22. The quantitative estimate of drug-likeness (QED) is 0.285. The van der Waals surface area contributed by atoms with Crippen LogP contribution in [0.5, 0.6) is 0 Å². The van der Waals surface area contributed by atoms with Crippen molar-refractivity contribution in [1.82, 2.24) is 9.97 Å². The van der Waals surface area contributed by atoms with Crippen molar-refractivity contribution < 1.29 is 0 Å². The third-order valence-corrected chi connectivity index (χ3v) is 5.74. The summed E-state index contributed by atoms with van der Waals surface area (Å²) in [6.45, 7) is 4.29. The molecule has 0 amide bonds. The van der Waals surface area contributed by atoms with E-state index >= 15 is 0 Å². The van der Waals surface area contributed by atoms with Gasteiger partial charge in [-0.15, -0.1) is 0 Å². The lowest BCUT2D eigenvalue weighted by molar-refractivity contribution is 1.25. The number of benzene rings is 3. The van der Waals surface area contributed by atoms with Crippen molar-refractivity contribution in [3.8, 4) is 22.3 Å². The summed E-state index contributed by atoms with van der Waals surface area (Å²) < 4.78 is 0. The molecule has 3 heteroatoms. The average Bonchev–Trinajstić information content (AvgIpc) is 2.86. The Morgan fingerprint density at radius 1 is 0.424 bits per heavy atom. The van der Waals surface area contributed by atoms with Crippen LogP contribution >= 0.6 is 0 Å². The molecule has 0 radical (unpaired) electrons. The van der Waals surface area contributed by atoms with Crippen molar-refractivity contribution in [2.45, 2.75) is 13.8 Å². The first-order valence-corrected chi connectivity index (χ1v) is 11.1. The Balaban J connectivity index is 1.57. The van der Waals surface area contributed by atoms with Gasteiger partial charge in [-0.3, -0.25) is 9.97 Å². The number of rotatable bonds is 5. The molecule has 0 aliphatic rings. The van der Waals surface area contributed by atoms with Crippen molar-refractivity contribution in [3.05, 3.63) is 127 Å². The van der Waals surface area contributed by atoms with Crippen molar-refractivity contribution in [3.63, 3.8) is 0 Å². The highest BCUT2D eigenvalue weighted by Crippen LogP contribution is 2.37. The molecule has 2 heterocycles. The number of pyridine rings is 2. The molecule has 5 aromatic rings. The predicted molar refractivity (Wildman–Crippen MR) is 137 cm³/mol. The van der Waals surface area contributed by atoms with Crippen LogP contribution in [0.4, 0.5) is 17.1 Å². The summed E-state index contributed by atoms with van der Waals surface area (Å²) in [4.78, 5) is 10.6. The van der Waals surface area contributed by atoms with Crippen molar-refractivity contribution >= 4 is 17.1 Å². The first kappa shape index (κ1) is 20.7. The molecule has 0 aliphatic heterocycles. The number of aromatic nitrogens is 2. The van der Waals surface area contributed by atoms with Crippen LogP contribution in [-0.4, -0.2) is 9.97 Å². The Morgan fingerprint density at radius 2 is 0.788 bits per heavy atom. The lowest BCUT2D eigenvalue weighted by atomic mass is 10.0. The van der Waals surface area contributed by atoms with Gasteiger partial charge in [0, 0.05) is 41.8 Å². The predicted octanol–water partition coefficient (Wildman–Crippen LogP) is 7.90. The Kier molecular flexibility index (Phi) is 5.69. The summed E-state index contributed by atoms with van der Waals surface area (Å²) in [5.41, 5.74) is 10.6. The zero-order valence-electron chi connectivity index (χ0n) is 18.8. The van der Waals surface area contributed by atoms with Crippen LogP contribution in [0.2, 0.25) is 0 Å².